The van der Waals surface area contributed by atoms with Gasteiger partial charge in [0.05, 0.1) is 24.3 Å². The molecule has 1 N–H and O–H groups in total. The number of thiophene rings is 1. The first-order valence-corrected chi connectivity index (χ1v) is 9.52. The first-order valence-electron chi connectivity index (χ1n) is 7.25. The van der Waals surface area contributed by atoms with Crippen molar-refractivity contribution in [2.24, 2.45) is 0 Å². The van der Waals surface area contributed by atoms with Gasteiger partial charge in [-0.25, -0.2) is 8.70 Å². The first kappa shape index (κ1) is 16.7. The molecule has 1 amide bonds. The molecule has 9 heteroatoms. The number of nitrogens with one attached hydrogen (secondary N) is 1. The van der Waals surface area contributed by atoms with Crippen LogP contribution in [0.15, 0.2) is 35.7 Å². The van der Waals surface area contributed by atoms with Crippen LogP contribution >= 0.6 is 11.3 Å². The van der Waals surface area contributed by atoms with Crippen molar-refractivity contribution >= 4 is 38.8 Å². The van der Waals surface area contributed by atoms with Crippen LogP contribution in [0.4, 0.5) is 15.8 Å². The van der Waals surface area contributed by atoms with Gasteiger partial charge in [-0.15, -0.1) is 11.3 Å². The van der Waals surface area contributed by atoms with Gasteiger partial charge < -0.3 is 5.32 Å². The normalized spacial score (nSPS) is 15.4. The monoisotopic (exact) mass is 369 g/mol. The maximum atomic E-state index is 13.5. The molecule has 0 fully saturated rings. The highest BCUT2D eigenvalue weighted by Crippen LogP contribution is 2.39. The van der Waals surface area contributed by atoms with Crippen LogP contribution in [0.3, 0.4) is 0 Å². The SMILES string of the molecule is CN1c2ccc(F)cc2N(CCNC(=O)Cc2cccs2)S1(=O)=O. The Balaban J connectivity index is 1.66. The van der Waals surface area contributed by atoms with Gasteiger partial charge in [0.15, 0.2) is 0 Å². The molecule has 24 heavy (non-hydrogen) atoms. The average molecular weight is 369 g/mol. The Kier molecular flexibility index (Phi) is 4.46. The van der Waals surface area contributed by atoms with E-state index in [2.05, 4.69) is 5.32 Å². The zero-order chi connectivity index (χ0) is 17.3. The van der Waals surface area contributed by atoms with E-state index in [1.807, 2.05) is 17.5 Å². The van der Waals surface area contributed by atoms with Gasteiger partial charge in [0, 0.05) is 24.5 Å². The van der Waals surface area contributed by atoms with Crippen LogP contribution in [0.5, 0.6) is 0 Å². The van der Waals surface area contributed by atoms with Gasteiger partial charge in [0.1, 0.15) is 5.82 Å². The summed E-state index contributed by atoms with van der Waals surface area (Å²) in [5, 5.41) is 4.58. The smallest absolute Gasteiger partial charge is 0.326 e. The molecule has 3 rings (SSSR count). The van der Waals surface area contributed by atoms with Crippen molar-refractivity contribution in [2.45, 2.75) is 6.42 Å². The van der Waals surface area contributed by atoms with Gasteiger partial charge in [-0.2, -0.15) is 8.42 Å². The molecule has 1 aromatic heterocycles. The number of nitrogens with zero attached hydrogens (tertiary/aromatic N) is 2. The second kappa shape index (κ2) is 6.40. The topological polar surface area (TPSA) is 69.7 Å². The molecule has 0 spiro atoms. The molecular weight excluding hydrogens is 353 g/mol. The van der Waals surface area contributed by atoms with Crippen molar-refractivity contribution in [3.63, 3.8) is 0 Å². The summed E-state index contributed by atoms with van der Waals surface area (Å²) in [6.45, 7) is 0.187. The number of benzene rings is 1. The number of fused-ring (bicyclic) bond motifs is 1. The molecule has 6 nitrogen and oxygen atoms in total. The molecule has 0 unspecified atom stereocenters. The van der Waals surface area contributed by atoms with Crippen molar-refractivity contribution < 1.29 is 17.6 Å². The molecule has 1 aliphatic heterocycles. The van der Waals surface area contributed by atoms with Gasteiger partial charge in [0.25, 0.3) is 0 Å². The lowest BCUT2D eigenvalue weighted by molar-refractivity contribution is -0.120. The lowest BCUT2D eigenvalue weighted by Crippen LogP contribution is -2.40. The maximum Gasteiger partial charge on any atom is 0.326 e. The fourth-order valence-electron chi connectivity index (χ4n) is 2.53. The molecule has 0 aliphatic carbocycles. The third kappa shape index (κ3) is 3.09. The lowest BCUT2D eigenvalue weighted by atomic mass is 10.2. The van der Waals surface area contributed by atoms with Gasteiger partial charge in [-0.05, 0) is 23.6 Å². The van der Waals surface area contributed by atoms with Crippen LogP contribution in [-0.4, -0.2) is 34.5 Å². The minimum atomic E-state index is -3.74. The molecule has 0 atom stereocenters. The fourth-order valence-corrected chi connectivity index (χ4v) is 4.64. The summed E-state index contributed by atoms with van der Waals surface area (Å²) in [6.07, 6.45) is 0.259. The highest BCUT2D eigenvalue weighted by atomic mass is 32.2. The number of carbonyl (C=O) groups is 1. The summed E-state index contributed by atoms with van der Waals surface area (Å²) in [6, 6.07) is 7.56. The van der Waals surface area contributed by atoms with E-state index < -0.39 is 16.0 Å². The third-order valence-corrected chi connectivity index (χ3v) is 6.42. The first-order chi connectivity index (χ1) is 11.4. The number of hydrogen-bond donors (Lipinski definition) is 1. The standard InChI is InChI=1S/C15H16FN3O3S2/c1-18-13-5-4-11(16)9-14(13)19(24(18,21)22)7-6-17-15(20)10-12-3-2-8-23-12/h2-5,8-9H,6-7,10H2,1H3,(H,17,20). The Labute approximate surface area is 143 Å². The van der Waals surface area contributed by atoms with Crippen molar-refractivity contribution in [3.05, 3.63) is 46.4 Å². The lowest BCUT2D eigenvalue weighted by Gasteiger charge is -2.19. The molecule has 128 valence electrons. The Morgan fingerprint density at radius 1 is 1.29 bits per heavy atom. The third-order valence-electron chi connectivity index (χ3n) is 3.72. The van der Waals surface area contributed by atoms with Gasteiger partial charge in [-0.1, -0.05) is 6.07 Å². The Morgan fingerprint density at radius 3 is 2.79 bits per heavy atom. The van der Waals surface area contributed by atoms with E-state index in [0.29, 0.717) is 5.69 Å². The molecule has 0 saturated heterocycles. The summed E-state index contributed by atoms with van der Waals surface area (Å²) in [7, 11) is -2.32. The molecule has 2 heterocycles. The van der Waals surface area contributed by atoms with Crippen molar-refractivity contribution in [1.29, 1.82) is 0 Å². The number of rotatable bonds is 5. The highest BCUT2D eigenvalue weighted by molar-refractivity contribution is 7.94. The van der Waals surface area contributed by atoms with Crippen molar-refractivity contribution in [3.8, 4) is 0 Å². The van der Waals surface area contributed by atoms with Crippen LogP contribution in [0.25, 0.3) is 0 Å². The summed E-state index contributed by atoms with van der Waals surface area (Å²) in [5.41, 5.74) is 0.700. The Bertz CT molecular complexity index is 853. The summed E-state index contributed by atoms with van der Waals surface area (Å²) in [5.74, 6) is -0.687. The molecule has 1 aromatic carbocycles. The number of anilines is 2. The van der Waals surface area contributed by atoms with E-state index in [4.69, 9.17) is 0 Å². The zero-order valence-electron chi connectivity index (χ0n) is 12.9. The second-order valence-corrected chi connectivity index (χ2v) is 8.20. The van der Waals surface area contributed by atoms with Crippen molar-refractivity contribution in [1.82, 2.24) is 5.32 Å². The number of carbonyl (C=O) groups excluding carboxylic acids is 1. The summed E-state index contributed by atoms with van der Waals surface area (Å²) >= 11 is 1.49. The second-order valence-electron chi connectivity index (χ2n) is 5.29. The van der Waals surface area contributed by atoms with E-state index in [-0.39, 0.29) is 31.1 Å². The molecular formula is C15H16FN3O3S2. The molecule has 0 saturated carbocycles. The van der Waals surface area contributed by atoms with E-state index in [0.717, 1.165) is 13.5 Å². The quantitative estimate of drug-likeness (QED) is 0.873. The number of hydrogen-bond acceptors (Lipinski definition) is 4. The van der Waals surface area contributed by atoms with Crippen LogP contribution < -0.4 is 13.9 Å². The zero-order valence-corrected chi connectivity index (χ0v) is 14.5. The van der Waals surface area contributed by atoms with Gasteiger partial charge in [-0.3, -0.25) is 9.10 Å². The van der Waals surface area contributed by atoms with E-state index in [1.54, 1.807) is 0 Å². The number of halogens is 1. The predicted octanol–water partition coefficient (Wildman–Crippen LogP) is 1.75. The maximum absolute atomic E-state index is 13.5. The van der Waals surface area contributed by atoms with E-state index in [1.165, 1.54) is 36.6 Å². The van der Waals surface area contributed by atoms with Crippen molar-refractivity contribution in [2.75, 3.05) is 28.7 Å². The summed E-state index contributed by atoms with van der Waals surface area (Å²) < 4.78 is 40.5. The van der Waals surface area contributed by atoms with Crippen LogP contribution in [0.2, 0.25) is 0 Å². The predicted molar refractivity (Wildman–Crippen MR) is 92.1 cm³/mol. The Morgan fingerprint density at radius 2 is 2.08 bits per heavy atom. The van der Waals surface area contributed by atoms with Gasteiger partial charge >= 0.3 is 10.2 Å². The molecule has 0 radical (unpaired) electrons. The van der Waals surface area contributed by atoms with Gasteiger partial charge in [0.2, 0.25) is 5.91 Å². The van der Waals surface area contributed by atoms with E-state index in [9.17, 15) is 17.6 Å². The molecule has 0 bridgehead atoms. The average Bonchev–Trinajstić information content (AvgIpc) is 3.08. The van der Waals surface area contributed by atoms with Crippen LogP contribution in [-0.2, 0) is 21.4 Å². The minimum Gasteiger partial charge on any atom is -0.354 e. The minimum absolute atomic E-state index is 0.0410. The summed E-state index contributed by atoms with van der Waals surface area (Å²) in [4.78, 5) is 12.8. The van der Waals surface area contributed by atoms with Crippen LogP contribution in [0, 0.1) is 5.82 Å². The largest absolute Gasteiger partial charge is 0.354 e. The fraction of sp³-hybridized carbons (Fsp3) is 0.267. The number of amides is 1. The Hall–Kier alpha value is -2.13. The highest BCUT2D eigenvalue weighted by Gasteiger charge is 2.37. The van der Waals surface area contributed by atoms with E-state index >= 15 is 0 Å². The molecule has 2 aromatic rings. The van der Waals surface area contributed by atoms with Crippen LogP contribution in [0.1, 0.15) is 4.88 Å². The molecule has 1 aliphatic rings.